The zero-order chi connectivity index (χ0) is 26.5. The van der Waals surface area contributed by atoms with Crippen LogP contribution in [0, 0.1) is 5.92 Å². The van der Waals surface area contributed by atoms with Crippen molar-refractivity contribution in [2.24, 2.45) is 17.4 Å². The van der Waals surface area contributed by atoms with Crippen LogP contribution in [0.1, 0.15) is 38.7 Å². The van der Waals surface area contributed by atoms with Gasteiger partial charge in [0.05, 0.1) is 6.04 Å². The van der Waals surface area contributed by atoms with E-state index in [0.717, 1.165) is 0 Å². The van der Waals surface area contributed by atoms with Gasteiger partial charge in [0.1, 0.15) is 18.1 Å². The molecule has 0 fully saturated rings. The van der Waals surface area contributed by atoms with Gasteiger partial charge in [0.15, 0.2) is 0 Å². The number of benzene rings is 1. The lowest BCUT2D eigenvalue weighted by molar-refractivity contribution is -0.142. The molecule has 8 N–H and O–H groups in total. The molecule has 0 aliphatic rings. The zero-order valence-corrected chi connectivity index (χ0v) is 20.8. The molecule has 0 radical (unpaired) electrons. The molecular formula is C23H35N5O6S. The van der Waals surface area contributed by atoms with Gasteiger partial charge in [-0.3, -0.25) is 19.2 Å². The highest BCUT2D eigenvalue weighted by Crippen LogP contribution is 2.11. The van der Waals surface area contributed by atoms with Gasteiger partial charge >= 0.3 is 5.97 Å². The molecule has 1 aromatic carbocycles. The van der Waals surface area contributed by atoms with Gasteiger partial charge in [-0.25, -0.2) is 4.79 Å². The second-order valence-corrected chi connectivity index (χ2v) is 8.68. The number of hydrogen-bond acceptors (Lipinski definition) is 7. The predicted octanol–water partition coefficient (Wildman–Crippen LogP) is -0.663. The Bertz CT molecular complexity index is 884. The standard InChI is InChI=1S/C23H35N5O6S/c1-3-13(2)19(28-20(30)15(24)12-35)22(32)26-16(9-10-18(25)29)21(31)27-17(23(33)34)11-14-7-5-4-6-8-14/h4-8,13,15-17,19,35H,3,9-12,24H2,1-2H3,(H2,25,29)(H,26,32)(H,27,31)(H,28,30)(H,33,34). The van der Waals surface area contributed by atoms with E-state index in [4.69, 9.17) is 11.5 Å². The van der Waals surface area contributed by atoms with Crippen LogP contribution in [0.15, 0.2) is 30.3 Å². The second-order valence-electron chi connectivity index (χ2n) is 8.32. The highest BCUT2D eigenvalue weighted by atomic mass is 32.1. The van der Waals surface area contributed by atoms with Gasteiger partial charge < -0.3 is 32.5 Å². The summed E-state index contributed by atoms with van der Waals surface area (Å²) in [6.07, 6.45) is 0.179. The van der Waals surface area contributed by atoms with Crippen LogP contribution in [-0.2, 0) is 30.4 Å². The van der Waals surface area contributed by atoms with Crippen LogP contribution in [0.4, 0.5) is 0 Å². The number of nitrogens with one attached hydrogen (secondary N) is 3. The molecule has 0 saturated heterocycles. The molecular weight excluding hydrogens is 474 g/mol. The fourth-order valence-electron chi connectivity index (χ4n) is 3.18. The van der Waals surface area contributed by atoms with Crippen molar-refractivity contribution >= 4 is 42.2 Å². The van der Waals surface area contributed by atoms with Crippen molar-refractivity contribution in [3.63, 3.8) is 0 Å². The molecule has 0 spiro atoms. The first-order valence-electron chi connectivity index (χ1n) is 11.3. The Hall–Kier alpha value is -3.12. The minimum absolute atomic E-state index is 0.0194. The Morgan fingerprint density at radius 1 is 0.971 bits per heavy atom. The largest absolute Gasteiger partial charge is 0.480 e. The van der Waals surface area contributed by atoms with Crippen molar-refractivity contribution in [3.8, 4) is 0 Å². The summed E-state index contributed by atoms with van der Waals surface area (Å²) in [5.74, 6) is -4.22. The molecule has 4 amide bonds. The van der Waals surface area contributed by atoms with Crippen molar-refractivity contribution in [1.29, 1.82) is 0 Å². The number of nitrogens with two attached hydrogens (primary N) is 2. The maximum Gasteiger partial charge on any atom is 0.326 e. The Morgan fingerprint density at radius 3 is 2.09 bits per heavy atom. The van der Waals surface area contributed by atoms with Crippen LogP contribution in [-0.4, -0.2) is 64.6 Å². The first kappa shape index (κ1) is 29.9. The molecule has 5 unspecified atom stereocenters. The van der Waals surface area contributed by atoms with Gasteiger partial charge in [-0.1, -0.05) is 50.6 Å². The summed E-state index contributed by atoms with van der Waals surface area (Å²) in [5.41, 5.74) is 11.6. The average Bonchev–Trinajstić information content (AvgIpc) is 2.83. The molecule has 0 aliphatic heterocycles. The first-order chi connectivity index (χ1) is 16.5. The lowest BCUT2D eigenvalue weighted by Gasteiger charge is -2.27. The van der Waals surface area contributed by atoms with Crippen molar-refractivity contribution in [3.05, 3.63) is 35.9 Å². The van der Waals surface area contributed by atoms with Crippen LogP contribution in [0.5, 0.6) is 0 Å². The Labute approximate surface area is 210 Å². The number of carbonyl (C=O) groups excluding carboxylic acids is 4. The topological polar surface area (TPSA) is 194 Å². The second kappa shape index (κ2) is 15.0. The van der Waals surface area contributed by atoms with E-state index in [1.165, 1.54) is 0 Å². The van der Waals surface area contributed by atoms with Crippen LogP contribution >= 0.6 is 12.6 Å². The van der Waals surface area contributed by atoms with Crippen LogP contribution in [0.2, 0.25) is 0 Å². The molecule has 5 atom stereocenters. The number of primary amides is 1. The van der Waals surface area contributed by atoms with E-state index < -0.39 is 53.8 Å². The minimum Gasteiger partial charge on any atom is -0.480 e. The number of carbonyl (C=O) groups is 5. The summed E-state index contributed by atoms with van der Waals surface area (Å²) in [5, 5.41) is 17.1. The normalized spacial score (nSPS) is 15.1. The smallest absolute Gasteiger partial charge is 0.326 e. The van der Waals surface area contributed by atoms with E-state index in [9.17, 15) is 29.1 Å². The van der Waals surface area contributed by atoms with Crippen LogP contribution < -0.4 is 27.4 Å². The molecule has 0 aromatic heterocycles. The summed E-state index contributed by atoms with van der Waals surface area (Å²) in [6.45, 7) is 3.57. The zero-order valence-electron chi connectivity index (χ0n) is 19.9. The Morgan fingerprint density at radius 2 is 1.57 bits per heavy atom. The van der Waals surface area contributed by atoms with E-state index in [1.807, 2.05) is 6.92 Å². The molecule has 0 saturated carbocycles. The quantitative estimate of drug-likeness (QED) is 0.152. The van der Waals surface area contributed by atoms with Crippen molar-refractivity contribution in [2.75, 3.05) is 5.75 Å². The maximum atomic E-state index is 13.1. The molecule has 0 bridgehead atoms. The molecule has 1 rings (SSSR count). The SMILES string of the molecule is CCC(C)C(NC(=O)C(N)CS)C(=O)NC(CCC(N)=O)C(=O)NC(Cc1ccccc1)C(=O)O. The number of amides is 4. The van der Waals surface area contributed by atoms with Gasteiger partial charge in [0.25, 0.3) is 0 Å². The van der Waals surface area contributed by atoms with E-state index in [0.29, 0.717) is 12.0 Å². The number of rotatable bonds is 15. The van der Waals surface area contributed by atoms with Gasteiger partial charge in [-0.2, -0.15) is 12.6 Å². The Balaban J connectivity index is 3.05. The predicted molar refractivity (Wildman–Crippen MR) is 133 cm³/mol. The molecule has 0 aliphatic carbocycles. The third-order valence-electron chi connectivity index (χ3n) is 5.54. The summed E-state index contributed by atoms with van der Waals surface area (Å²) in [7, 11) is 0. The molecule has 35 heavy (non-hydrogen) atoms. The monoisotopic (exact) mass is 509 g/mol. The fourth-order valence-corrected chi connectivity index (χ4v) is 3.35. The number of hydrogen-bond donors (Lipinski definition) is 7. The van der Waals surface area contributed by atoms with E-state index in [-0.39, 0.29) is 30.9 Å². The number of thiol groups is 1. The van der Waals surface area contributed by atoms with Crippen molar-refractivity contribution < 1.29 is 29.1 Å². The van der Waals surface area contributed by atoms with Gasteiger partial charge in [-0.15, -0.1) is 0 Å². The summed E-state index contributed by atoms with van der Waals surface area (Å²) in [4.78, 5) is 61.4. The average molecular weight is 510 g/mol. The highest BCUT2D eigenvalue weighted by molar-refractivity contribution is 7.80. The maximum absolute atomic E-state index is 13.1. The number of carboxylic acids is 1. The summed E-state index contributed by atoms with van der Waals surface area (Å²) < 4.78 is 0. The van der Waals surface area contributed by atoms with Gasteiger partial charge in [0.2, 0.25) is 23.6 Å². The minimum atomic E-state index is -1.27. The van der Waals surface area contributed by atoms with Gasteiger partial charge in [0, 0.05) is 18.6 Å². The molecule has 0 heterocycles. The third kappa shape index (κ3) is 10.4. The molecule has 12 heteroatoms. The number of carboxylic acid groups (broad SMARTS) is 1. The van der Waals surface area contributed by atoms with E-state index >= 15 is 0 Å². The third-order valence-corrected chi connectivity index (χ3v) is 5.93. The highest BCUT2D eigenvalue weighted by Gasteiger charge is 2.32. The summed E-state index contributed by atoms with van der Waals surface area (Å²) in [6, 6.07) is 4.26. The van der Waals surface area contributed by atoms with Gasteiger partial charge in [-0.05, 0) is 17.9 Å². The van der Waals surface area contributed by atoms with E-state index in [1.54, 1.807) is 37.3 Å². The van der Waals surface area contributed by atoms with E-state index in [2.05, 4.69) is 28.6 Å². The molecule has 11 nitrogen and oxygen atoms in total. The van der Waals surface area contributed by atoms with Crippen LogP contribution in [0.3, 0.4) is 0 Å². The van der Waals surface area contributed by atoms with Crippen molar-refractivity contribution in [2.45, 2.75) is 63.7 Å². The lowest BCUT2D eigenvalue weighted by atomic mass is 9.97. The number of aliphatic carboxylic acids is 1. The molecule has 194 valence electrons. The van der Waals surface area contributed by atoms with Crippen LogP contribution in [0.25, 0.3) is 0 Å². The summed E-state index contributed by atoms with van der Waals surface area (Å²) >= 11 is 3.99. The van der Waals surface area contributed by atoms with Crippen molar-refractivity contribution in [1.82, 2.24) is 16.0 Å². The molecule has 1 aromatic rings. The Kier molecular flexibility index (Phi) is 12.8. The first-order valence-corrected chi connectivity index (χ1v) is 12.0. The fraction of sp³-hybridized carbons (Fsp3) is 0.522. The lowest BCUT2D eigenvalue weighted by Crippen LogP contribution is -2.59.